The summed E-state index contributed by atoms with van der Waals surface area (Å²) < 4.78 is 12.3. The number of ether oxygens (including phenoxy) is 2. The number of anilines is 1. The topological polar surface area (TPSA) is 96.3 Å². The molecule has 1 aliphatic heterocycles. The van der Waals surface area contributed by atoms with Crippen LogP contribution in [0.1, 0.15) is 61.3 Å². The van der Waals surface area contributed by atoms with Gasteiger partial charge in [-0.15, -0.1) is 0 Å². The van der Waals surface area contributed by atoms with E-state index in [1.54, 1.807) is 24.3 Å². The molecule has 0 radical (unpaired) electrons. The molecule has 1 heterocycles. The minimum absolute atomic E-state index is 0.121. The van der Waals surface area contributed by atoms with Gasteiger partial charge in [-0.2, -0.15) is 0 Å². The first-order valence-electron chi connectivity index (χ1n) is 11.5. The van der Waals surface area contributed by atoms with Crippen LogP contribution >= 0.6 is 0 Å². The number of carbonyl (C=O) groups is 2. The predicted octanol–water partition coefficient (Wildman–Crippen LogP) is 5.08. The molecule has 3 aromatic carbocycles. The molecule has 1 amide bonds. The highest BCUT2D eigenvalue weighted by Crippen LogP contribution is 2.50. The van der Waals surface area contributed by atoms with Crippen LogP contribution in [0.15, 0.2) is 48.5 Å². The highest BCUT2D eigenvalue weighted by Gasteiger charge is 2.43. The summed E-state index contributed by atoms with van der Waals surface area (Å²) in [5.41, 5.74) is 1.75. The highest BCUT2D eigenvalue weighted by molar-refractivity contribution is 6.17. The van der Waals surface area contributed by atoms with E-state index in [0.717, 1.165) is 23.6 Å². The number of aliphatic carboxylic acids is 1. The number of benzene rings is 3. The number of amides is 1. The number of carboxylic acid groups (broad SMARTS) is 1. The van der Waals surface area contributed by atoms with E-state index in [0.29, 0.717) is 40.5 Å². The lowest BCUT2D eigenvalue weighted by Crippen LogP contribution is -2.27. The van der Waals surface area contributed by atoms with E-state index in [1.807, 2.05) is 38.1 Å². The van der Waals surface area contributed by atoms with E-state index in [9.17, 15) is 14.7 Å². The number of carboxylic acids is 1. The highest BCUT2D eigenvalue weighted by atomic mass is 16.5. The van der Waals surface area contributed by atoms with Crippen LogP contribution in [0.5, 0.6) is 11.5 Å². The van der Waals surface area contributed by atoms with Gasteiger partial charge in [0.2, 0.25) is 0 Å². The van der Waals surface area contributed by atoms with Crippen molar-refractivity contribution < 1.29 is 29.3 Å². The molecule has 0 spiro atoms. The largest absolute Gasteiger partial charge is 0.492 e. The molecule has 7 nitrogen and oxygen atoms in total. The Bertz CT molecular complexity index is 1220. The molecule has 0 saturated carbocycles. The SMILES string of the molecule is CCCCOc1c2c(c(OC(C)C)c3ccccc13)C(O)N(c1ccc(CC(=O)O)cc1)C2=O. The fraction of sp³-hybridized carbons (Fsp3) is 0.333. The lowest BCUT2D eigenvalue weighted by Gasteiger charge is -2.23. The van der Waals surface area contributed by atoms with Crippen LogP contribution in [0.2, 0.25) is 0 Å². The average molecular weight is 464 g/mol. The summed E-state index contributed by atoms with van der Waals surface area (Å²) >= 11 is 0. The molecule has 3 aromatic rings. The van der Waals surface area contributed by atoms with Crippen LogP contribution < -0.4 is 14.4 Å². The van der Waals surface area contributed by atoms with Crippen LogP contribution in [0, 0.1) is 0 Å². The van der Waals surface area contributed by atoms with Crippen molar-refractivity contribution in [3.8, 4) is 11.5 Å². The molecule has 0 aromatic heterocycles. The standard InChI is InChI=1S/C27H29NO6/c1-4-5-14-33-24-19-8-6-7-9-20(19)25(34-16(2)3)23-22(24)26(31)28(27(23)32)18-12-10-17(11-13-18)15-21(29)30/h6-13,16,27,32H,4-5,14-15H2,1-3H3,(H,29,30). The molecule has 34 heavy (non-hydrogen) atoms. The van der Waals surface area contributed by atoms with Gasteiger partial charge in [0, 0.05) is 16.5 Å². The number of fused-ring (bicyclic) bond motifs is 2. The monoisotopic (exact) mass is 463 g/mol. The fourth-order valence-electron chi connectivity index (χ4n) is 4.25. The van der Waals surface area contributed by atoms with Gasteiger partial charge in [-0.1, -0.05) is 49.7 Å². The van der Waals surface area contributed by atoms with Gasteiger partial charge < -0.3 is 19.7 Å². The Kier molecular flexibility index (Phi) is 6.75. The number of nitrogens with zero attached hydrogens (tertiary/aromatic N) is 1. The van der Waals surface area contributed by atoms with E-state index in [2.05, 4.69) is 6.92 Å². The maximum atomic E-state index is 13.7. The number of hydrogen-bond acceptors (Lipinski definition) is 5. The summed E-state index contributed by atoms with van der Waals surface area (Å²) in [4.78, 5) is 26.1. The molecule has 1 unspecified atom stereocenters. The Morgan fingerprint density at radius 3 is 2.29 bits per heavy atom. The third-order valence-corrected chi connectivity index (χ3v) is 5.76. The zero-order chi connectivity index (χ0) is 24.4. The van der Waals surface area contributed by atoms with Crippen LogP contribution in [-0.2, 0) is 11.2 Å². The summed E-state index contributed by atoms with van der Waals surface area (Å²) in [5.74, 6) is -0.411. The fourth-order valence-corrected chi connectivity index (χ4v) is 4.25. The second-order valence-electron chi connectivity index (χ2n) is 8.65. The summed E-state index contributed by atoms with van der Waals surface area (Å²) in [6, 6.07) is 14.2. The number of aliphatic hydroxyl groups is 1. The van der Waals surface area contributed by atoms with Crippen LogP contribution in [0.3, 0.4) is 0 Å². The van der Waals surface area contributed by atoms with Crippen LogP contribution in [-0.4, -0.2) is 34.8 Å². The number of unbranched alkanes of at least 4 members (excludes halogenated alkanes) is 1. The molecule has 0 fully saturated rings. The summed E-state index contributed by atoms with van der Waals surface area (Å²) in [6.07, 6.45) is 0.203. The Morgan fingerprint density at radius 1 is 1.06 bits per heavy atom. The predicted molar refractivity (Wildman–Crippen MR) is 130 cm³/mol. The van der Waals surface area contributed by atoms with E-state index in [-0.39, 0.29) is 18.4 Å². The van der Waals surface area contributed by atoms with Crippen molar-refractivity contribution in [1.82, 2.24) is 0 Å². The number of hydrogen-bond donors (Lipinski definition) is 2. The first-order valence-corrected chi connectivity index (χ1v) is 11.5. The third kappa shape index (κ3) is 4.31. The maximum Gasteiger partial charge on any atom is 0.307 e. The first kappa shape index (κ1) is 23.6. The van der Waals surface area contributed by atoms with Gasteiger partial charge in [0.15, 0.2) is 6.23 Å². The lowest BCUT2D eigenvalue weighted by molar-refractivity contribution is -0.136. The van der Waals surface area contributed by atoms with E-state index < -0.39 is 12.2 Å². The number of aliphatic hydroxyl groups excluding tert-OH is 1. The molecule has 0 bridgehead atoms. The van der Waals surface area contributed by atoms with Crippen molar-refractivity contribution in [2.45, 2.75) is 52.4 Å². The minimum Gasteiger partial charge on any atom is -0.492 e. The molecule has 1 atom stereocenters. The molecule has 4 rings (SSSR count). The van der Waals surface area contributed by atoms with Crippen molar-refractivity contribution in [3.63, 3.8) is 0 Å². The average Bonchev–Trinajstić information content (AvgIpc) is 3.06. The van der Waals surface area contributed by atoms with Gasteiger partial charge in [0.25, 0.3) is 5.91 Å². The van der Waals surface area contributed by atoms with Crippen molar-refractivity contribution in [2.75, 3.05) is 11.5 Å². The smallest absolute Gasteiger partial charge is 0.307 e. The van der Waals surface area contributed by atoms with Crippen molar-refractivity contribution in [1.29, 1.82) is 0 Å². The zero-order valence-corrected chi connectivity index (χ0v) is 19.6. The van der Waals surface area contributed by atoms with Crippen LogP contribution in [0.25, 0.3) is 10.8 Å². The van der Waals surface area contributed by atoms with E-state index in [4.69, 9.17) is 14.6 Å². The van der Waals surface area contributed by atoms with Gasteiger partial charge in [0.05, 0.1) is 30.3 Å². The minimum atomic E-state index is -1.28. The molecule has 1 aliphatic rings. The molecule has 0 saturated heterocycles. The van der Waals surface area contributed by atoms with Crippen LogP contribution in [0.4, 0.5) is 5.69 Å². The van der Waals surface area contributed by atoms with Crippen molar-refractivity contribution in [3.05, 3.63) is 65.2 Å². The van der Waals surface area contributed by atoms with Gasteiger partial charge in [-0.3, -0.25) is 14.5 Å². The Morgan fingerprint density at radius 2 is 1.71 bits per heavy atom. The quantitative estimate of drug-likeness (QED) is 0.430. The van der Waals surface area contributed by atoms with Gasteiger partial charge in [-0.05, 0) is 38.0 Å². The Labute approximate surface area is 198 Å². The lowest BCUT2D eigenvalue weighted by atomic mass is 9.98. The molecule has 7 heteroatoms. The van der Waals surface area contributed by atoms with Crippen molar-refractivity contribution >= 4 is 28.3 Å². The summed E-state index contributed by atoms with van der Waals surface area (Å²) in [5, 5.41) is 22.0. The van der Waals surface area contributed by atoms with Crippen molar-refractivity contribution in [2.24, 2.45) is 0 Å². The van der Waals surface area contributed by atoms with Gasteiger partial charge in [-0.25, -0.2) is 0 Å². The molecule has 2 N–H and O–H groups in total. The van der Waals surface area contributed by atoms with Gasteiger partial charge >= 0.3 is 5.97 Å². The third-order valence-electron chi connectivity index (χ3n) is 5.76. The Balaban J connectivity index is 1.88. The molecular formula is C27H29NO6. The number of carbonyl (C=O) groups excluding carboxylic acids is 1. The Hall–Kier alpha value is -3.58. The van der Waals surface area contributed by atoms with E-state index in [1.165, 1.54) is 4.90 Å². The molecule has 178 valence electrons. The summed E-state index contributed by atoms with van der Waals surface area (Å²) in [6.45, 7) is 6.31. The second kappa shape index (κ2) is 9.73. The maximum absolute atomic E-state index is 13.7. The zero-order valence-electron chi connectivity index (χ0n) is 19.6. The molecular weight excluding hydrogens is 434 g/mol. The normalized spacial score (nSPS) is 15.1. The summed E-state index contributed by atoms with van der Waals surface area (Å²) in [7, 11) is 0. The number of rotatable bonds is 9. The second-order valence-corrected chi connectivity index (χ2v) is 8.65. The molecule has 0 aliphatic carbocycles. The first-order chi connectivity index (χ1) is 16.3. The van der Waals surface area contributed by atoms with E-state index >= 15 is 0 Å². The van der Waals surface area contributed by atoms with Gasteiger partial charge in [0.1, 0.15) is 11.5 Å².